The zero-order chi connectivity index (χ0) is 20.5. The minimum absolute atomic E-state index is 0.271. The van der Waals surface area contributed by atoms with Crippen molar-refractivity contribution in [3.05, 3.63) is 24.1 Å². The molecule has 1 saturated heterocycles. The number of piperidine rings is 1. The number of anilines is 1. The van der Waals surface area contributed by atoms with Crippen LogP contribution >= 0.6 is 0 Å². The summed E-state index contributed by atoms with van der Waals surface area (Å²) in [5.74, 6) is 0.934. The van der Waals surface area contributed by atoms with E-state index >= 15 is 0 Å². The smallest absolute Gasteiger partial charge is 0.231 e. The van der Waals surface area contributed by atoms with Gasteiger partial charge in [-0.2, -0.15) is 0 Å². The number of hydrogen-bond acceptors (Lipinski definition) is 4. The minimum Gasteiger partial charge on any atom is -0.416 e. The maximum Gasteiger partial charge on any atom is 0.231 e. The maximum absolute atomic E-state index is 13.7. The fourth-order valence-corrected chi connectivity index (χ4v) is 10.7. The summed E-state index contributed by atoms with van der Waals surface area (Å²) >= 11 is 0. The molecule has 0 spiro atoms. The second kappa shape index (κ2) is 8.49. The molecule has 156 valence electrons. The fraction of sp³-hybridized carbons (Fsp3) is 0.714. The average Bonchev–Trinajstić information content (AvgIpc) is 3.04. The van der Waals surface area contributed by atoms with Crippen molar-refractivity contribution in [3.8, 4) is 0 Å². The molecule has 0 aliphatic carbocycles. The van der Waals surface area contributed by atoms with Crippen molar-refractivity contribution in [2.24, 2.45) is 5.92 Å². The van der Waals surface area contributed by atoms with Gasteiger partial charge in [-0.15, -0.1) is 10.2 Å². The van der Waals surface area contributed by atoms with Gasteiger partial charge in [-0.3, -0.25) is 4.40 Å². The molecule has 3 rings (SSSR count). The molecule has 7 heteroatoms. The molecule has 2 aromatic heterocycles. The van der Waals surface area contributed by atoms with Crippen LogP contribution in [0.3, 0.4) is 0 Å². The lowest BCUT2D eigenvalue weighted by atomic mass is 9.99. The van der Waals surface area contributed by atoms with Crippen molar-refractivity contribution in [2.75, 3.05) is 24.6 Å². The Balaban J connectivity index is 1.73. The van der Waals surface area contributed by atoms with E-state index < -0.39 is 8.32 Å². The van der Waals surface area contributed by atoms with Gasteiger partial charge in [0.25, 0.3) is 0 Å². The predicted octanol–water partition coefficient (Wildman–Crippen LogP) is 5.28. The molecule has 1 unspecified atom stereocenters. The first-order valence-corrected chi connectivity index (χ1v) is 12.8. The van der Waals surface area contributed by atoms with Crippen LogP contribution in [0.5, 0.6) is 0 Å². The number of hydrogen-bond donors (Lipinski definition) is 0. The predicted molar refractivity (Wildman–Crippen MR) is 115 cm³/mol. The third-order valence-electron chi connectivity index (χ3n) is 6.43. The Labute approximate surface area is 169 Å². The summed E-state index contributed by atoms with van der Waals surface area (Å²) in [7, 11) is -1.85. The SMILES string of the molecule is CC(C)[Si](OCC1CCCN(c2nnc3ccc(F)cn23)C1)(C(C)C)C(C)C. The maximum atomic E-state index is 13.7. The molecule has 0 N–H and O–H groups in total. The molecule has 0 radical (unpaired) electrons. The highest BCUT2D eigenvalue weighted by Crippen LogP contribution is 2.42. The summed E-state index contributed by atoms with van der Waals surface area (Å²) in [6, 6.07) is 3.10. The molecule has 0 amide bonds. The molecular formula is C21H35FN4OSi. The van der Waals surface area contributed by atoms with Crippen LogP contribution in [-0.2, 0) is 4.43 Å². The van der Waals surface area contributed by atoms with Gasteiger partial charge in [0.05, 0.1) is 0 Å². The second-order valence-corrected chi connectivity index (χ2v) is 14.6. The fourth-order valence-electron chi connectivity index (χ4n) is 5.21. The van der Waals surface area contributed by atoms with Gasteiger partial charge < -0.3 is 9.33 Å². The molecule has 1 atom stereocenters. The van der Waals surface area contributed by atoms with Gasteiger partial charge in [0.15, 0.2) is 14.0 Å². The van der Waals surface area contributed by atoms with Gasteiger partial charge in [0.1, 0.15) is 5.82 Å². The number of pyridine rings is 1. The Morgan fingerprint density at radius 3 is 2.43 bits per heavy atom. The monoisotopic (exact) mass is 406 g/mol. The summed E-state index contributed by atoms with van der Waals surface area (Å²) < 4.78 is 22.3. The van der Waals surface area contributed by atoms with Crippen molar-refractivity contribution in [1.29, 1.82) is 0 Å². The molecule has 0 bridgehead atoms. The molecule has 2 aromatic rings. The van der Waals surface area contributed by atoms with Crippen LogP contribution in [0.1, 0.15) is 54.4 Å². The lowest BCUT2D eigenvalue weighted by Crippen LogP contribution is -2.49. The Kier molecular flexibility index (Phi) is 6.44. The first-order chi connectivity index (χ1) is 13.3. The number of nitrogens with zero attached hydrogens (tertiary/aromatic N) is 4. The molecule has 1 aliphatic heterocycles. The van der Waals surface area contributed by atoms with E-state index in [1.165, 1.54) is 18.7 Å². The van der Waals surface area contributed by atoms with Gasteiger partial charge in [-0.1, -0.05) is 41.5 Å². The molecule has 28 heavy (non-hydrogen) atoms. The van der Waals surface area contributed by atoms with Crippen molar-refractivity contribution < 1.29 is 8.82 Å². The molecular weight excluding hydrogens is 371 g/mol. The topological polar surface area (TPSA) is 42.7 Å². The third kappa shape index (κ3) is 3.96. The van der Waals surface area contributed by atoms with Crippen LogP contribution in [-0.4, -0.2) is 42.6 Å². The van der Waals surface area contributed by atoms with Crippen molar-refractivity contribution in [2.45, 2.75) is 71.0 Å². The van der Waals surface area contributed by atoms with Crippen LogP contribution in [0.15, 0.2) is 18.3 Å². The van der Waals surface area contributed by atoms with E-state index in [9.17, 15) is 4.39 Å². The summed E-state index contributed by atoms with van der Waals surface area (Å²) in [4.78, 5) is 2.24. The Bertz CT molecular complexity index is 770. The number of halogens is 1. The van der Waals surface area contributed by atoms with E-state index in [1.807, 2.05) is 0 Å². The number of aromatic nitrogens is 3. The first-order valence-electron chi connectivity index (χ1n) is 10.6. The number of fused-ring (bicyclic) bond motifs is 1. The van der Waals surface area contributed by atoms with Gasteiger partial charge in [-0.05, 0) is 47.5 Å². The van der Waals surface area contributed by atoms with Crippen molar-refractivity contribution in [1.82, 2.24) is 14.6 Å². The average molecular weight is 407 g/mol. The molecule has 0 aromatic carbocycles. The van der Waals surface area contributed by atoms with E-state index in [1.54, 1.807) is 10.5 Å². The molecule has 5 nitrogen and oxygen atoms in total. The Morgan fingerprint density at radius 1 is 1.11 bits per heavy atom. The summed E-state index contributed by atoms with van der Waals surface area (Å²) in [5, 5.41) is 8.52. The second-order valence-electron chi connectivity index (χ2n) is 9.16. The minimum atomic E-state index is -1.85. The third-order valence-corrected chi connectivity index (χ3v) is 12.5. The van der Waals surface area contributed by atoms with Crippen LogP contribution in [0.4, 0.5) is 10.3 Å². The zero-order valence-electron chi connectivity index (χ0n) is 18.2. The highest BCUT2D eigenvalue weighted by molar-refractivity contribution is 6.77. The Morgan fingerprint density at radius 2 is 1.79 bits per heavy atom. The van der Waals surface area contributed by atoms with Crippen molar-refractivity contribution in [3.63, 3.8) is 0 Å². The largest absolute Gasteiger partial charge is 0.416 e. The van der Waals surface area contributed by atoms with E-state index in [0.29, 0.717) is 28.2 Å². The van der Waals surface area contributed by atoms with Crippen LogP contribution in [0.25, 0.3) is 5.65 Å². The normalized spacial score (nSPS) is 18.8. The van der Waals surface area contributed by atoms with Gasteiger partial charge in [0.2, 0.25) is 5.95 Å². The first kappa shape index (κ1) is 21.2. The van der Waals surface area contributed by atoms with Crippen molar-refractivity contribution >= 4 is 19.9 Å². The molecule has 0 saturated carbocycles. The van der Waals surface area contributed by atoms with E-state index in [2.05, 4.69) is 56.6 Å². The van der Waals surface area contributed by atoms with Gasteiger partial charge >= 0.3 is 0 Å². The lowest BCUT2D eigenvalue weighted by molar-refractivity contribution is 0.204. The lowest BCUT2D eigenvalue weighted by Gasteiger charge is -2.44. The summed E-state index contributed by atoms with van der Waals surface area (Å²) in [6.07, 6.45) is 3.73. The highest BCUT2D eigenvalue weighted by Gasteiger charge is 2.45. The number of rotatable bonds is 7. The molecule has 3 heterocycles. The molecule has 1 aliphatic rings. The zero-order valence-corrected chi connectivity index (χ0v) is 19.2. The van der Waals surface area contributed by atoms with Crippen LogP contribution in [0.2, 0.25) is 16.6 Å². The van der Waals surface area contributed by atoms with Gasteiger partial charge in [0, 0.05) is 25.9 Å². The summed E-state index contributed by atoms with van der Waals surface area (Å²) in [5.41, 5.74) is 2.46. The highest BCUT2D eigenvalue weighted by atomic mass is 28.4. The van der Waals surface area contributed by atoms with E-state index in [4.69, 9.17) is 4.43 Å². The van der Waals surface area contributed by atoms with E-state index in [0.717, 1.165) is 32.1 Å². The van der Waals surface area contributed by atoms with E-state index in [-0.39, 0.29) is 5.82 Å². The van der Waals surface area contributed by atoms with Gasteiger partial charge in [-0.25, -0.2) is 4.39 Å². The quantitative estimate of drug-likeness (QED) is 0.587. The van der Waals surface area contributed by atoms with Crippen LogP contribution in [0, 0.1) is 11.7 Å². The molecule has 1 fully saturated rings. The standard InChI is InChI=1S/C21H35FN4OSi/c1-15(2)28(16(3)4,17(5)6)27-14-18-8-7-11-25(12-18)21-24-23-20-10-9-19(22)13-26(20)21/h9-10,13,15-18H,7-8,11-12,14H2,1-6H3. The Hall–Kier alpha value is -1.47. The van der Waals surface area contributed by atoms with Crippen LogP contribution < -0.4 is 4.90 Å². The summed E-state index contributed by atoms with van der Waals surface area (Å²) in [6.45, 7) is 16.6.